The molecule has 0 N–H and O–H groups in total. The van der Waals surface area contributed by atoms with Crippen LogP contribution < -0.4 is 0 Å². The summed E-state index contributed by atoms with van der Waals surface area (Å²) in [5.74, 6) is 1.76. The molecule has 0 aliphatic carbocycles. The SMILES string of the molecule is c1ccc(-c2nc(-c3ccc4oc5cccc(-c6ccc7c(c6)c6ccccc6n7-c6ccccc6)c5c4c3)nc(-c3cccc4oc5ccccc5c34)n2)cc1. The standard InChI is InChI=1S/C51H30N4O2/c1-3-13-31(14-4-1)49-52-50(54-51(53-49)38-20-12-24-46-48(38)37-18-8-10-22-43(37)56-46)33-26-28-44-40(30-33)47-35(19-11-23-45(47)57-44)32-25-27-42-39(29-32)36-17-7-9-21-41(36)55(42)34-15-5-2-6-16-34/h1-30H. The predicted octanol–water partition coefficient (Wildman–Crippen LogP) is 13.4. The molecule has 0 atom stereocenters. The van der Waals surface area contributed by atoms with E-state index in [0.29, 0.717) is 17.5 Å². The molecule has 0 aliphatic heterocycles. The molecule has 6 nitrogen and oxygen atoms in total. The molecule has 0 fully saturated rings. The van der Waals surface area contributed by atoms with E-state index >= 15 is 0 Å². The van der Waals surface area contributed by atoms with Crippen molar-refractivity contribution < 1.29 is 8.83 Å². The average Bonchev–Trinajstić information content (AvgIpc) is 3.96. The molecular formula is C51H30N4O2. The molecule has 0 spiro atoms. The number of aromatic nitrogens is 4. The van der Waals surface area contributed by atoms with Crippen molar-refractivity contribution in [1.29, 1.82) is 0 Å². The lowest BCUT2D eigenvalue weighted by atomic mass is 9.97. The van der Waals surface area contributed by atoms with Gasteiger partial charge < -0.3 is 13.4 Å². The largest absolute Gasteiger partial charge is 0.456 e. The Hall–Kier alpha value is -7.83. The van der Waals surface area contributed by atoms with Crippen molar-refractivity contribution in [2.45, 2.75) is 0 Å². The Kier molecular flexibility index (Phi) is 6.83. The van der Waals surface area contributed by atoms with Crippen LogP contribution in [0.5, 0.6) is 0 Å². The van der Waals surface area contributed by atoms with E-state index in [9.17, 15) is 0 Å². The van der Waals surface area contributed by atoms with Crippen LogP contribution in [0.15, 0.2) is 191 Å². The monoisotopic (exact) mass is 730 g/mol. The summed E-state index contributed by atoms with van der Waals surface area (Å²) in [5.41, 5.74) is 11.6. The summed E-state index contributed by atoms with van der Waals surface area (Å²) >= 11 is 0. The van der Waals surface area contributed by atoms with Gasteiger partial charge in [-0.15, -0.1) is 0 Å². The van der Waals surface area contributed by atoms with Gasteiger partial charge >= 0.3 is 0 Å². The lowest BCUT2D eigenvalue weighted by molar-refractivity contribution is 0.668. The Labute approximate surface area is 325 Å². The fraction of sp³-hybridized carbons (Fsp3) is 0. The van der Waals surface area contributed by atoms with Gasteiger partial charge in [0.05, 0.1) is 11.0 Å². The van der Waals surface area contributed by atoms with E-state index in [0.717, 1.165) is 82.9 Å². The third-order valence-electron chi connectivity index (χ3n) is 11.1. The highest BCUT2D eigenvalue weighted by molar-refractivity contribution is 6.16. The number of benzene rings is 8. The summed E-state index contributed by atoms with van der Waals surface area (Å²) in [5, 5.41) is 6.46. The number of rotatable bonds is 5. The first kappa shape index (κ1) is 31.5. The van der Waals surface area contributed by atoms with Gasteiger partial charge in [-0.25, -0.2) is 15.0 Å². The molecule has 0 radical (unpaired) electrons. The third kappa shape index (κ3) is 4.94. The summed E-state index contributed by atoms with van der Waals surface area (Å²) in [6, 6.07) is 62.7. The van der Waals surface area contributed by atoms with Crippen LogP contribution in [-0.2, 0) is 0 Å². The number of furan rings is 2. The van der Waals surface area contributed by atoms with E-state index in [1.807, 2.05) is 78.9 Å². The minimum atomic E-state index is 0.576. The predicted molar refractivity (Wildman–Crippen MR) is 230 cm³/mol. The van der Waals surface area contributed by atoms with Crippen LogP contribution in [-0.4, -0.2) is 19.5 Å². The fourth-order valence-electron chi connectivity index (χ4n) is 8.50. The molecule has 6 heteroatoms. The van der Waals surface area contributed by atoms with Crippen LogP contribution in [0.2, 0.25) is 0 Å². The molecule has 12 aromatic rings. The lowest BCUT2D eigenvalue weighted by Gasteiger charge is -2.10. The second-order valence-electron chi connectivity index (χ2n) is 14.4. The van der Waals surface area contributed by atoms with Gasteiger partial charge in [-0.1, -0.05) is 115 Å². The molecule has 0 saturated carbocycles. The summed E-state index contributed by atoms with van der Waals surface area (Å²) in [6.07, 6.45) is 0. The van der Waals surface area contributed by atoms with Crippen molar-refractivity contribution >= 4 is 65.7 Å². The summed E-state index contributed by atoms with van der Waals surface area (Å²) in [6.45, 7) is 0. The Bertz CT molecular complexity index is 3530. The van der Waals surface area contributed by atoms with Crippen molar-refractivity contribution in [3.8, 4) is 51.0 Å². The Balaban J connectivity index is 1.06. The van der Waals surface area contributed by atoms with Gasteiger partial charge in [0.1, 0.15) is 22.3 Å². The third-order valence-corrected chi connectivity index (χ3v) is 11.1. The average molecular weight is 731 g/mol. The molecule has 12 rings (SSSR count). The van der Waals surface area contributed by atoms with Gasteiger partial charge in [0.2, 0.25) is 0 Å². The van der Waals surface area contributed by atoms with Crippen molar-refractivity contribution in [2.24, 2.45) is 0 Å². The summed E-state index contributed by atoms with van der Waals surface area (Å²) in [7, 11) is 0. The van der Waals surface area contributed by atoms with E-state index in [2.05, 4.69) is 108 Å². The highest BCUT2D eigenvalue weighted by Crippen LogP contribution is 2.42. The van der Waals surface area contributed by atoms with Gasteiger partial charge in [0, 0.05) is 54.7 Å². The number of para-hydroxylation sites is 3. The van der Waals surface area contributed by atoms with Crippen molar-refractivity contribution in [3.05, 3.63) is 182 Å². The quantitative estimate of drug-likeness (QED) is 0.176. The minimum absolute atomic E-state index is 0.576. The second-order valence-corrected chi connectivity index (χ2v) is 14.4. The number of nitrogens with zero attached hydrogens (tertiary/aromatic N) is 4. The van der Waals surface area contributed by atoms with Crippen LogP contribution in [0, 0.1) is 0 Å². The molecular weight excluding hydrogens is 701 g/mol. The number of fused-ring (bicyclic) bond motifs is 9. The first-order chi connectivity index (χ1) is 28.2. The van der Waals surface area contributed by atoms with Gasteiger partial charge in [-0.05, 0) is 77.9 Å². The molecule has 0 amide bonds. The molecule has 0 saturated heterocycles. The highest BCUT2D eigenvalue weighted by Gasteiger charge is 2.20. The van der Waals surface area contributed by atoms with Crippen molar-refractivity contribution in [2.75, 3.05) is 0 Å². The smallest absolute Gasteiger partial charge is 0.164 e. The molecule has 0 bridgehead atoms. The maximum atomic E-state index is 6.52. The van der Waals surface area contributed by atoms with Gasteiger partial charge in [0.25, 0.3) is 0 Å². The normalized spacial score (nSPS) is 11.9. The zero-order valence-electron chi connectivity index (χ0n) is 30.4. The van der Waals surface area contributed by atoms with E-state index in [4.69, 9.17) is 23.8 Å². The van der Waals surface area contributed by atoms with Crippen LogP contribution in [0.4, 0.5) is 0 Å². The van der Waals surface area contributed by atoms with Crippen molar-refractivity contribution in [3.63, 3.8) is 0 Å². The molecule has 57 heavy (non-hydrogen) atoms. The van der Waals surface area contributed by atoms with Crippen LogP contribution in [0.25, 0.3) is 117 Å². The molecule has 266 valence electrons. The maximum Gasteiger partial charge on any atom is 0.164 e. The van der Waals surface area contributed by atoms with Crippen LogP contribution in [0.1, 0.15) is 0 Å². The summed E-state index contributed by atoms with van der Waals surface area (Å²) in [4.78, 5) is 15.3. The molecule has 8 aromatic carbocycles. The van der Waals surface area contributed by atoms with Crippen LogP contribution in [0.3, 0.4) is 0 Å². The first-order valence-corrected chi connectivity index (χ1v) is 19.0. The lowest BCUT2D eigenvalue weighted by Crippen LogP contribution is -2.00. The fourth-order valence-corrected chi connectivity index (χ4v) is 8.50. The van der Waals surface area contributed by atoms with Gasteiger partial charge in [-0.3, -0.25) is 0 Å². The Morgan fingerprint density at radius 2 is 0.895 bits per heavy atom. The second kappa shape index (κ2) is 12.3. The first-order valence-electron chi connectivity index (χ1n) is 19.0. The van der Waals surface area contributed by atoms with E-state index < -0.39 is 0 Å². The van der Waals surface area contributed by atoms with E-state index in [-0.39, 0.29) is 0 Å². The molecule has 0 aliphatic rings. The van der Waals surface area contributed by atoms with Gasteiger partial charge in [-0.2, -0.15) is 0 Å². The zero-order chi connectivity index (χ0) is 37.5. The highest BCUT2D eigenvalue weighted by atomic mass is 16.3. The molecule has 0 unspecified atom stereocenters. The molecule has 4 aromatic heterocycles. The number of hydrogen-bond donors (Lipinski definition) is 0. The number of hydrogen-bond acceptors (Lipinski definition) is 5. The van der Waals surface area contributed by atoms with Crippen molar-refractivity contribution in [1.82, 2.24) is 19.5 Å². The van der Waals surface area contributed by atoms with E-state index in [1.54, 1.807) is 0 Å². The van der Waals surface area contributed by atoms with Crippen LogP contribution >= 0.6 is 0 Å². The maximum absolute atomic E-state index is 6.52. The Morgan fingerprint density at radius 3 is 1.70 bits per heavy atom. The Morgan fingerprint density at radius 1 is 0.333 bits per heavy atom. The van der Waals surface area contributed by atoms with E-state index in [1.165, 1.54) is 16.3 Å². The molecule has 4 heterocycles. The zero-order valence-corrected chi connectivity index (χ0v) is 30.4. The van der Waals surface area contributed by atoms with Gasteiger partial charge in [0.15, 0.2) is 17.5 Å². The minimum Gasteiger partial charge on any atom is -0.456 e. The topological polar surface area (TPSA) is 69.9 Å². The summed E-state index contributed by atoms with van der Waals surface area (Å²) < 4.78 is 15.1.